The molecule has 1 aliphatic rings. The van der Waals surface area contributed by atoms with Gasteiger partial charge in [0.1, 0.15) is 0 Å². The lowest BCUT2D eigenvalue weighted by molar-refractivity contribution is 0.151. The fourth-order valence-electron chi connectivity index (χ4n) is 2.46. The van der Waals surface area contributed by atoms with Crippen molar-refractivity contribution in [2.45, 2.75) is 31.9 Å². The zero-order valence-corrected chi connectivity index (χ0v) is 11.9. The van der Waals surface area contributed by atoms with E-state index < -0.39 is 6.43 Å². The summed E-state index contributed by atoms with van der Waals surface area (Å²) in [6.07, 6.45) is 0.0421. The lowest BCUT2D eigenvalue weighted by Gasteiger charge is -2.32. The largest absolute Gasteiger partial charge is 0.316 e. The van der Waals surface area contributed by atoms with Gasteiger partial charge in [0.25, 0.3) is 6.43 Å². The molecule has 1 saturated heterocycles. The molecule has 2 nitrogen and oxygen atoms in total. The smallest absolute Gasteiger partial charge is 0.263 e. The lowest BCUT2D eigenvalue weighted by Crippen LogP contribution is -2.43. The fourth-order valence-corrected chi connectivity index (χ4v) is 2.46. The molecule has 108 valence electrons. The van der Waals surface area contributed by atoms with Gasteiger partial charge in [-0.2, -0.15) is 0 Å². The van der Waals surface area contributed by atoms with E-state index in [-0.39, 0.29) is 18.0 Å². The molecule has 1 aromatic carbocycles. The van der Waals surface area contributed by atoms with Crippen molar-refractivity contribution in [1.29, 1.82) is 0 Å². The van der Waals surface area contributed by atoms with E-state index in [1.807, 2.05) is 19.2 Å². The van der Waals surface area contributed by atoms with Crippen LogP contribution in [0.4, 0.5) is 8.78 Å². The molecule has 2 rings (SSSR count). The molecule has 0 radical (unpaired) electrons. The highest BCUT2D eigenvalue weighted by Gasteiger charge is 2.18. The summed E-state index contributed by atoms with van der Waals surface area (Å²) in [6, 6.07) is 7.23. The highest BCUT2D eigenvalue weighted by Crippen LogP contribution is 2.20. The molecule has 0 bridgehead atoms. The van der Waals surface area contributed by atoms with Crippen LogP contribution in [0.5, 0.6) is 0 Å². The molecule has 1 atom stereocenters. The van der Waals surface area contributed by atoms with Gasteiger partial charge in [0.15, 0.2) is 0 Å². The van der Waals surface area contributed by atoms with Crippen molar-refractivity contribution in [3.05, 3.63) is 35.4 Å². The highest BCUT2D eigenvalue weighted by atomic mass is 35.5. The van der Waals surface area contributed by atoms with E-state index in [2.05, 4.69) is 10.2 Å². The SMILES string of the molecule is CNC1CCCN(Cc2ccc(C(F)F)cc2)C1.Cl. The predicted molar refractivity (Wildman–Crippen MR) is 76.0 cm³/mol. The molecule has 1 N–H and O–H groups in total. The second kappa shape index (κ2) is 7.78. The maximum absolute atomic E-state index is 12.4. The van der Waals surface area contributed by atoms with Gasteiger partial charge < -0.3 is 5.32 Å². The summed E-state index contributed by atoms with van der Waals surface area (Å²) >= 11 is 0. The Labute approximate surface area is 119 Å². The van der Waals surface area contributed by atoms with Crippen LogP contribution < -0.4 is 5.32 Å². The second-order valence-electron chi connectivity index (χ2n) is 4.91. The summed E-state index contributed by atoms with van der Waals surface area (Å²) in [5.74, 6) is 0. The predicted octanol–water partition coefficient (Wildman–Crippen LogP) is 3.23. The Morgan fingerprint density at radius 2 is 2.00 bits per heavy atom. The Balaban J connectivity index is 0.00000180. The molecule has 1 aliphatic heterocycles. The Morgan fingerprint density at radius 1 is 1.32 bits per heavy atom. The van der Waals surface area contributed by atoms with Crippen molar-refractivity contribution in [1.82, 2.24) is 10.2 Å². The number of hydrogen-bond donors (Lipinski definition) is 1. The van der Waals surface area contributed by atoms with E-state index in [1.54, 1.807) is 0 Å². The summed E-state index contributed by atoms with van der Waals surface area (Å²) in [5, 5.41) is 3.30. The van der Waals surface area contributed by atoms with Crippen LogP contribution in [-0.4, -0.2) is 31.1 Å². The van der Waals surface area contributed by atoms with Crippen LogP contribution in [0.25, 0.3) is 0 Å². The lowest BCUT2D eigenvalue weighted by atomic mass is 10.0. The number of benzene rings is 1. The van der Waals surface area contributed by atoms with E-state index in [4.69, 9.17) is 0 Å². The summed E-state index contributed by atoms with van der Waals surface area (Å²) in [5.41, 5.74) is 1.21. The first-order valence-electron chi connectivity index (χ1n) is 6.45. The topological polar surface area (TPSA) is 15.3 Å². The number of nitrogens with zero attached hydrogens (tertiary/aromatic N) is 1. The highest BCUT2D eigenvalue weighted by molar-refractivity contribution is 5.85. The van der Waals surface area contributed by atoms with Gasteiger partial charge in [-0.15, -0.1) is 12.4 Å². The van der Waals surface area contributed by atoms with Crippen molar-refractivity contribution in [2.24, 2.45) is 0 Å². The van der Waals surface area contributed by atoms with Gasteiger partial charge in [0.05, 0.1) is 0 Å². The first kappa shape index (κ1) is 16.3. The maximum atomic E-state index is 12.4. The normalized spacial score (nSPS) is 20.3. The summed E-state index contributed by atoms with van der Waals surface area (Å²) in [4.78, 5) is 2.38. The number of halogens is 3. The Kier molecular flexibility index (Phi) is 6.69. The molecule has 0 amide bonds. The quantitative estimate of drug-likeness (QED) is 0.916. The van der Waals surface area contributed by atoms with Crippen LogP contribution in [0, 0.1) is 0 Å². The maximum Gasteiger partial charge on any atom is 0.263 e. The zero-order chi connectivity index (χ0) is 13.0. The molecule has 0 aromatic heterocycles. The minimum absolute atomic E-state index is 0. The number of piperidine rings is 1. The molecule has 0 spiro atoms. The van der Waals surface area contributed by atoms with Gasteiger partial charge in [-0.05, 0) is 32.0 Å². The van der Waals surface area contributed by atoms with Gasteiger partial charge in [0.2, 0.25) is 0 Å². The number of hydrogen-bond acceptors (Lipinski definition) is 2. The van der Waals surface area contributed by atoms with E-state index >= 15 is 0 Å². The van der Waals surface area contributed by atoms with E-state index in [9.17, 15) is 8.78 Å². The van der Waals surface area contributed by atoms with Gasteiger partial charge in [-0.25, -0.2) is 8.78 Å². The Morgan fingerprint density at radius 3 is 2.58 bits per heavy atom. The van der Waals surface area contributed by atoms with Gasteiger partial charge in [-0.1, -0.05) is 24.3 Å². The first-order valence-corrected chi connectivity index (χ1v) is 6.45. The number of likely N-dealkylation sites (tertiary alicyclic amines) is 1. The Hall–Kier alpha value is -0.710. The van der Waals surface area contributed by atoms with Crippen molar-refractivity contribution in [3.63, 3.8) is 0 Å². The molecular weight excluding hydrogens is 270 g/mol. The second-order valence-corrected chi connectivity index (χ2v) is 4.91. The minimum atomic E-state index is -2.37. The van der Waals surface area contributed by atoms with Crippen LogP contribution in [-0.2, 0) is 6.54 Å². The van der Waals surface area contributed by atoms with Crippen molar-refractivity contribution >= 4 is 12.4 Å². The first-order chi connectivity index (χ1) is 8.69. The zero-order valence-electron chi connectivity index (χ0n) is 11.1. The van der Waals surface area contributed by atoms with Gasteiger partial charge >= 0.3 is 0 Å². The molecule has 19 heavy (non-hydrogen) atoms. The molecule has 1 unspecified atom stereocenters. The summed E-state index contributed by atoms with van der Waals surface area (Å²) in [7, 11) is 1.99. The molecule has 1 aromatic rings. The Bertz CT molecular complexity index is 370. The molecule has 5 heteroatoms. The van der Waals surface area contributed by atoms with E-state index in [0.717, 1.165) is 25.2 Å². The van der Waals surface area contributed by atoms with Gasteiger partial charge in [0, 0.05) is 24.7 Å². The summed E-state index contributed by atoms with van der Waals surface area (Å²) < 4.78 is 24.9. The van der Waals surface area contributed by atoms with E-state index in [0.29, 0.717) is 6.04 Å². The molecule has 1 fully saturated rings. The average Bonchev–Trinajstić information content (AvgIpc) is 2.39. The van der Waals surface area contributed by atoms with Crippen LogP contribution in [0.15, 0.2) is 24.3 Å². The molecule has 0 aliphatic carbocycles. The minimum Gasteiger partial charge on any atom is -0.316 e. The van der Waals surface area contributed by atoms with Crippen LogP contribution in [0.2, 0.25) is 0 Å². The van der Waals surface area contributed by atoms with Gasteiger partial charge in [-0.3, -0.25) is 4.90 Å². The van der Waals surface area contributed by atoms with Crippen molar-refractivity contribution in [2.75, 3.05) is 20.1 Å². The van der Waals surface area contributed by atoms with Crippen LogP contribution >= 0.6 is 12.4 Å². The number of likely N-dealkylation sites (N-methyl/N-ethyl adjacent to an activating group) is 1. The number of nitrogens with one attached hydrogen (secondary N) is 1. The van der Waals surface area contributed by atoms with Crippen molar-refractivity contribution in [3.8, 4) is 0 Å². The average molecular weight is 291 g/mol. The molecular formula is C14H21ClF2N2. The third kappa shape index (κ3) is 4.71. The summed E-state index contributed by atoms with van der Waals surface area (Å²) in [6.45, 7) is 2.98. The van der Waals surface area contributed by atoms with Crippen molar-refractivity contribution < 1.29 is 8.78 Å². The van der Waals surface area contributed by atoms with E-state index in [1.165, 1.54) is 25.0 Å². The third-order valence-corrected chi connectivity index (χ3v) is 3.55. The van der Waals surface area contributed by atoms with Crippen LogP contribution in [0.1, 0.15) is 30.4 Å². The molecule has 1 heterocycles. The number of rotatable bonds is 4. The number of alkyl halides is 2. The standard InChI is InChI=1S/C14H20F2N2.ClH/c1-17-13-3-2-8-18(10-13)9-11-4-6-12(7-5-11)14(15)16;/h4-7,13-14,17H,2-3,8-10H2,1H3;1H. The molecule has 0 saturated carbocycles. The monoisotopic (exact) mass is 290 g/mol. The third-order valence-electron chi connectivity index (χ3n) is 3.55. The fraction of sp³-hybridized carbons (Fsp3) is 0.571. The van der Waals surface area contributed by atoms with Crippen LogP contribution in [0.3, 0.4) is 0 Å².